The molecule has 2 aromatic rings. The fourth-order valence-corrected chi connectivity index (χ4v) is 2.59. The standard InChI is InChI=1S/C14H13NO5S/c1-2-9-3-4-12(11(7-9)15(18)19)20-8-10-5-6-21-13(10)14(16)17/h3-7H,2,8H2,1H3,(H,16,17). The van der Waals surface area contributed by atoms with Crippen LogP contribution in [0.25, 0.3) is 0 Å². The summed E-state index contributed by atoms with van der Waals surface area (Å²) in [4.78, 5) is 21.7. The number of nitro groups is 1. The van der Waals surface area contributed by atoms with Crippen LogP contribution in [0.1, 0.15) is 27.7 Å². The summed E-state index contributed by atoms with van der Waals surface area (Å²) in [5.74, 6) is -0.890. The lowest BCUT2D eigenvalue weighted by Crippen LogP contribution is -2.03. The van der Waals surface area contributed by atoms with Gasteiger partial charge in [0.2, 0.25) is 0 Å². The van der Waals surface area contributed by atoms with Gasteiger partial charge in [0.25, 0.3) is 0 Å². The Morgan fingerprint density at radius 2 is 2.19 bits per heavy atom. The molecule has 0 spiro atoms. The zero-order chi connectivity index (χ0) is 15.4. The highest BCUT2D eigenvalue weighted by Crippen LogP contribution is 2.29. The summed E-state index contributed by atoms with van der Waals surface area (Å²) >= 11 is 1.10. The summed E-state index contributed by atoms with van der Waals surface area (Å²) in [5.41, 5.74) is 1.23. The third-order valence-electron chi connectivity index (χ3n) is 2.95. The van der Waals surface area contributed by atoms with Crippen molar-refractivity contribution in [3.8, 4) is 5.75 Å². The second-order valence-electron chi connectivity index (χ2n) is 4.28. The number of rotatable bonds is 6. The van der Waals surface area contributed by atoms with Gasteiger partial charge in [-0.2, -0.15) is 0 Å². The van der Waals surface area contributed by atoms with E-state index in [0.29, 0.717) is 12.0 Å². The first-order valence-electron chi connectivity index (χ1n) is 6.22. The van der Waals surface area contributed by atoms with Crippen LogP contribution in [0.15, 0.2) is 29.6 Å². The number of benzene rings is 1. The Kier molecular flexibility index (Phi) is 4.54. The molecule has 0 aliphatic heterocycles. The average Bonchev–Trinajstić information content (AvgIpc) is 2.93. The molecular weight excluding hydrogens is 294 g/mol. The Hall–Kier alpha value is -2.41. The van der Waals surface area contributed by atoms with Gasteiger partial charge in [-0.25, -0.2) is 4.79 Å². The van der Waals surface area contributed by atoms with E-state index >= 15 is 0 Å². The number of aromatic carboxylic acids is 1. The van der Waals surface area contributed by atoms with Gasteiger partial charge in [0.15, 0.2) is 5.75 Å². The zero-order valence-electron chi connectivity index (χ0n) is 11.2. The Balaban J connectivity index is 2.21. The van der Waals surface area contributed by atoms with Crippen LogP contribution < -0.4 is 4.74 Å². The number of ether oxygens (including phenoxy) is 1. The minimum absolute atomic E-state index is 0.0164. The normalized spacial score (nSPS) is 10.3. The molecule has 0 amide bonds. The lowest BCUT2D eigenvalue weighted by Gasteiger charge is -2.07. The van der Waals surface area contributed by atoms with Gasteiger partial charge in [-0.05, 0) is 29.5 Å². The molecule has 0 fully saturated rings. The van der Waals surface area contributed by atoms with E-state index in [1.807, 2.05) is 6.92 Å². The third kappa shape index (κ3) is 3.38. The molecule has 1 heterocycles. The van der Waals surface area contributed by atoms with Crippen molar-refractivity contribution in [3.05, 3.63) is 55.8 Å². The molecule has 1 aromatic carbocycles. The highest BCUT2D eigenvalue weighted by Gasteiger charge is 2.17. The highest BCUT2D eigenvalue weighted by molar-refractivity contribution is 7.12. The van der Waals surface area contributed by atoms with E-state index in [1.54, 1.807) is 23.6 Å². The lowest BCUT2D eigenvalue weighted by molar-refractivity contribution is -0.386. The van der Waals surface area contributed by atoms with Crippen LogP contribution in [0.5, 0.6) is 5.75 Å². The van der Waals surface area contributed by atoms with Crippen LogP contribution in [0, 0.1) is 10.1 Å². The molecule has 7 heteroatoms. The summed E-state index contributed by atoms with van der Waals surface area (Å²) in [6, 6.07) is 6.42. The maximum atomic E-state index is 11.1. The summed E-state index contributed by atoms with van der Waals surface area (Å²) < 4.78 is 5.43. The summed E-state index contributed by atoms with van der Waals surface area (Å²) in [6.45, 7) is 1.89. The van der Waals surface area contributed by atoms with Crippen LogP contribution in [0.4, 0.5) is 5.69 Å². The second-order valence-corrected chi connectivity index (χ2v) is 5.20. The van der Waals surface area contributed by atoms with E-state index in [4.69, 9.17) is 9.84 Å². The van der Waals surface area contributed by atoms with Crippen molar-refractivity contribution in [2.24, 2.45) is 0 Å². The molecule has 0 saturated carbocycles. The molecule has 21 heavy (non-hydrogen) atoms. The molecule has 0 radical (unpaired) electrons. The molecule has 0 bridgehead atoms. The van der Waals surface area contributed by atoms with Gasteiger partial charge in [-0.1, -0.05) is 13.0 Å². The van der Waals surface area contributed by atoms with Gasteiger partial charge in [0.05, 0.1) is 4.92 Å². The number of hydrogen-bond acceptors (Lipinski definition) is 5. The molecule has 1 aromatic heterocycles. The van der Waals surface area contributed by atoms with E-state index in [2.05, 4.69) is 0 Å². The van der Waals surface area contributed by atoms with E-state index in [-0.39, 0.29) is 22.9 Å². The van der Waals surface area contributed by atoms with Crippen molar-refractivity contribution in [3.63, 3.8) is 0 Å². The maximum Gasteiger partial charge on any atom is 0.346 e. The zero-order valence-corrected chi connectivity index (χ0v) is 12.1. The van der Waals surface area contributed by atoms with Gasteiger partial charge in [-0.3, -0.25) is 10.1 Å². The number of nitrogens with zero attached hydrogens (tertiary/aromatic N) is 1. The van der Waals surface area contributed by atoms with E-state index in [1.165, 1.54) is 6.07 Å². The Labute approximate surface area is 124 Å². The van der Waals surface area contributed by atoms with Crippen molar-refractivity contribution in [1.82, 2.24) is 0 Å². The van der Waals surface area contributed by atoms with Crippen LogP contribution in [0.2, 0.25) is 0 Å². The van der Waals surface area contributed by atoms with Crippen molar-refractivity contribution in [1.29, 1.82) is 0 Å². The average molecular weight is 307 g/mol. The van der Waals surface area contributed by atoms with E-state index in [9.17, 15) is 14.9 Å². The van der Waals surface area contributed by atoms with Gasteiger partial charge in [0, 0.05) is 11.6 Å². The molecule has 0 unspecified atom stereocenters. The number of carboxylic acid groups (broad SMARTS) is 1. The third-order valence-corrected chi connectivity index (χ3v) is 3.90. The Morgan fingerprint density at radius 3 is 2.81 bits per heavy atom. The molecule has 110 valence electrons. The molecule has 6 nitrogen and oxygen atoms in total. The number of hydrogen-bond donors (Lipinski definition) is 1. The van der Waals surface area contributed by atoms with Gasteiger partial charge in [-0.15, -0.1) is 11.3 Å². The predicted octanol–water partition coefficient (Wildman–Crippen LogP) is 3.50. The van der Waals surface area contributed by atoms with Gasteiger partial charge >= 0.3 is 11.7 Å². The van der Waals surface area contributed by atoms with Crippen LogP contribution in [-0.4, -0.2) is 16.0 Å². The molecular formula is C14H13NO5S. The second kappa shape index (κ2) is 6.36. The van der Waals surface area contributed by atoms with Gasteiger partial charge in [0.1, 0.15) is 11.5 Å². The maximum absolute atomic E-state index is 11.1. The number of nitro benzene ring substituents is 1. The van der Waals surface area contributed by atoms with E-state index < -0.39 is 10.9 Å². The first-order valence-corrected chi connectivity index (χ1v) is 7.10. The molecule has 0 aliphatic carbocycles. The monoisotopic (exact) mass is 307 g/mol. The first kappa shape index (κ1) is 15.0. The van der Waals surface area contributed by atoms with Gasteiger partial charge < -0.3 is 9.84 Å². The first-order chi connectivity index (χ1) is 10.0. The van der Waals surface area contributed by atoms with Crippen LogP contribution in [-0.2, 0) is 13.0 Å². The number of carbonyl (C=O) groups is 1. The number of thiophene rings is 1. The SMILES string of the molecule is CCc1ccc(OCc2ccsc2C(=O)O)c([N+](=O)[O-])c1. The lowest BCUT2D eigenvalue weighted by atomic mass is 10.1. The summed E-state index contributed by atoms with van der Waals surface area (Å²) in [7, 11) is 0. The molecule has 0 saturated heterocycles. The Morgan fingerprint density at radius 1 is 1.43 bits per heavy atom. The van der Waals surface area contributed by atoms with Crippen LogP contribution >= 0.6 is 11.3 Å². The molecule has 0 aliphatic rings. The molecule has 0 atom stereocenters. The quantitative estimate of drug-likeness (QED) is 0.651. The fraction of sp³-hybridized carbons (Fsp3) is 0.214. The smallest absolute Gasteiger partial charge is 0.346 e. The van der Waals surface area contributed by atoms with Crippen LogP contribution in [0.3, 0.4) is 0 Å². The fourth-order valence-electron chi connectivity index (χ4n) is 1.84. The summed E-state index contributed by atoms with van der Waals surface area (Å²) in [6.07, 6.45) is 0.689. The molecule has 2 rings (SSSR count). The van der Waals surface area contributed by atoms with Crippen molar-refractivity contribution >= 4 is 23.0 Å². The van der Waals surface area contributed by atoms with Crippen molar-refractivity contribution < 1.29 is 19.6 Å². The largest absolute Gasteiger partial charge is 0.482 e. The minimum atomic E-state index is -1.03. The topological polar surface area (TPSA) is 89.7 Å². The van der Waals surface area contributed by atoms with E-state index in [0.717, 1.165) is 16.9 Å². The van der Waals surface area contributed by atoms with Crippen molar-refractivity contribution in [2.45, 2.75) is 20.0 Å². The summed E-state index contributed by atoms with van der Waals surface area (Å²) in [5, 5.41) is 21.7. The van der Waals surface area contributed by atoms with Crippen molar-refractivity contribution in [2.75, 3.05) is 0 Å². The minimum Gasteiger partial charge on any atom is -0.482 e. The number of carboxylic acids is 1. The predicted molar refractivity (Wildman–Crippen MR) is 78.1 cm³/mol. The Bertz CT molecular complexity index is 680. The highest BCUT2D eigenvalue weighted by atomic mass is 32.1. The number of aryl methyl sites for hydroxylation is 1. The molecule has 1 N–H and O–H groups in total.